The van der Waals surface area contributed by atoms with Crippen molar-refractivity contribution in [3.05, 3.63) is 77.3 Å². The van der Waals surface area contributed by atoms with Gasteiger partial charge in [0.25, 0.3) is 0 Å². The lowest BCUT2D eigenvalue weighted by molar-refractivity contribution is 0.768. The van der Waals surface area contributed by atoms with Gasteiger partial charge < -0.3 is 5.32 Å². The van der Waals surface area contributed by atoms with E-state index in [1.165, 1.54) is 5.56 Å². The predicted octanol–water partition coefficient (Wildman–Crippen LogP) is 4.14. The molecule has 0 aliphatic rings. The van der Waals surface area contributed by atoms with Gasteiger partial charge in [-0.2, -0.15) is 0 Å². The Morgan fingerprint density at radius 1 is 1.00 bits per heavy atom. The maximum Gasteiger partial charge on any atom is 0.0406 e. The second-order valence-corrected chi connectivity index (χ2v) is 4.64. The van der Waals surface area contributed by atoms with E-state index >= 15 is 0 Å². The summed E-state index contributed by atoms with van der Waals surface area (Å²) >= 11 is 5.86. The lowest BCUT2D eigenvalue weighted by atomic mass is 10.1. The molecular weight excluding hydrogens is 242 g/mol. The molecule has 0 heterocycles. The fraction of sp³-hybridized carbons (Fsp3) is 0.125. The molecule has 2 aromatic rings. The van der Waals surface area contributed by atoms with Crippen molar-refractivity contribution in [1.29, 1.82) is 0 Å². The van der Waals surface area contributed by atoms with E-state index in [1.54, 1.807) is 0 Å². The molecule has 2 heteroatoms. The minimum absolute atomic E-state index is 0.754. The Morgan fingerprint density at radius 2 is 1.67 bits per heavy atom. The van der Waals surface area contributed by atoms with Gasteiger partial charge in [-0.1, -0.05) is 60.6 Å². The van der Waals surface area contributed by atoms with Gasteiger partial charge in [-0.15, -0.1) is 0 Å². The molecule has 0 amide bonds. The van der Waals surface area contributed by atoms with E-state index < -0.39 is 0 Å². The van der Waals surface area contributed by atoms with Crippen molar-refractivity contribution in [3.8, 4) is 0 Å². The van der Waals surface area contributed by atoms with Crippen molar-refractivity contribution in [3.63, 3.8) is 0 Å². The van der Waals surface area contributed by atoms with E-state index in [2.05, 4.69) is 24.0 Å². The number of hydrogen-bond donors (Lipinski definition) is 1. The van der Waals surface area contributed by atoms with Crippen molar-refractivity contribution >= 4 is 17.2 Å². The molecule has 0 aliphatic carbocycles. The standard InChI is InChI=1S/C16H16ClN/c1-13(15-7-9-16(17)10-8-15)11-18-12-14-5-3-2-4-6-14/h2-10,18H,1,11-12H2. The molecule has 0 fully saturated rings. The summed E-state index contributed by atoms with van der Waals surface area (Å²) in [6.07, 6.45) is 0. The molecule has 18 heavy (non-hydrogen) atoms. The number of nitrogens with one attached hydrogen (secondary N) is 1. The van der Waals surface area contributed by atoms with Crippen LogP contribution in [0.15, 0.2) is 61.2 Å². The van der Waals surface area contributed by atoms with E-state index in [0.29, 0.717) is 0 Å². The zero-order chi connectivity index (χ0) is 12.8. The van der Waals surface area contributed by atoms with Crippen molar-refractivity contribution in [2.45, 2.75) is 6.54 Å². The van der Waals surface area contributed by atoms with Crippen LogP contribution in [0.4, 0.5) is 0 Å². The average Bonchev–Trinajstić information content (AvgIpc) is 2.40. The summed E-state index contributed by atoms with van der Waals surface area (Å²) in [6, 6.07) is 18.1. The van der Waals surface area contributed by atoms with Gasteiger partial charge >= 0.3 is 0 Å². The van der Waals surface area contributed by atoms with Gasteiger partial charge in [-0.3, -0.25) is 0 Å². The smallest absolute Gasteiger partial charge is 0.0406 e. The highest BCUT2D eigenvalue weighted by atomic mass is 35.5. The second-order valence-electron chi connectivity index (χ2n) is 4.20. The van der Waals surface area contributed by atoms with Crippen LogP contribution in [0.2, 0.25) is 5.02 Å². The number of halogens is 1. The number of hydrogen-bond acceptors (Lipinski definition) is 1. The van der Waals surface area contributed by atoms with Gasteiger partial charge in [0, 0.05) is 18.1 Å². The summed E-state index contributed by atoms with van der Waals surface area (Å²) in [5.41, 5.74) is 3.48. The molecule has 1 N–H and O–H groups in total. The third kappa shape index (κ3) is 3.73. The molecule has 0 radical (unpaired) electrons. The average molecular weight is 258 g/mol. The Morgan fingerprint density at radius 3 is 2.33 bits per heavy atom. The van der Waals surface area contributed by atoms with E-state index in [4.69, 9.17) is 11.6 Å². The molecule has 0 bridgehead atoms. The first-order valence-corrected chi connectivity index (χ1v) is 6.32. The molecule has 2 aromatic carbocycles. The maximum atomic E-state index is 5.86. The van der Waals surface area contributed by atoms with E-state index in [1.807, 2.05) is 42.5 Å². The quantitative estimate of drug-likeness (QED) is 0.849. The van der Waals surface area contributed by atoms with Crippen LogP contribution in [0, 0.1) is 0 Å². The molecule has 0 unspecified atom stereocenters. The van der Waals surface area contributed by atoms with Gasteiger partial charge in [0.1, 0.15) is 0 Å². The Hall–Kier alpha value is -1.57. The van der Waals surface area contributed by atoms with Gasteiger partial charge in [-0.25, -0.2) is 0 Å². The molecule has 0 atom stereocenters. The van der Waals surface area contributed by atoms with Gasteiger partial charge in [0.05, 0.1) is 0 Å². The Balaban J connectivity index is 1.84. The number of rotatable bonds is 5. The van der Waals surface area contributed by atoms with E-state index in [9.17, 15) is 0 Å². The largest absolute Gasteiger partial charge is 0.309 e. The first-order valence-electron chi connectivity index (χ1n) is 5.94. The second kappa shape index (κ2) is 6.39. The summed E-state index contributed by atoms with van der Waals surface area (Å²) in [6.45, 7) is 5.71. The van der Waals surface area contributed by atoms with Crippen LogP contribution < -0.4 is 5.32 Å². The fourth-order valence-corrected chi connectivity index (χ4v) is 1.87. The van der Waals surface area contributed by atoms with Crippen LogP contribution in [0.25, 0.3) is 5.57 Å². The van der Waals surface area contributed by atoms with Crippen molar-refractivity contribution in [2.75, 3.05) is 6.54 Å². The van der Waals surface area contributed by atoms with Crippen LogP contribution in [0.3, 0.4) is 0 Å². The van der Waals surface area contributed by atoms with Crippen molar-refractivity contribution in [2.24, 2.45) is 0 Å². The topological polar surface area (TPSA) is 12.0 Å². The fourth-order valence-electron chi connectivity index (χ4n) is 1.74. The molecule has 0 saturated heterocycles. The lowest BCUT2D eigenvalue weighted by Gasteiger charge is -2.08. The first kappa shape index (κ1) is 12.9. The highest BCUT2D eigenvalue weighted by Crippen LogP contribution is 2.15. The van der Waals surface area contributed by atoms with Crippen LogP contribution >= 0.6 is 11.6 Å². The summed E-state index contributed by atoms with van der Waals surface area (Å²) in [4.78, 5) is 0. The number of benzene rings is 2. The van der Waals surface area contributed by atoms with Crippen LogP contribution in [-0.2, 0) is 6.54 Å². The molecule has 1 nitrogen and oxygen atoms in total. The predicted molar refractivity (Wildman–Crippen MR) is 78.6 cm³/mol. The normalized spacial score (nSPS) is 10.3. The zero-order valence-electron chi connectivity index (χ0n) is 10.2. The monoisotopic (exact) mass is 257 g/mol. The van der Waals surface area contributed by atoms with Crippen LogP contribution in [0.5, 0.6) is 0 Å². The Kier molecular flexibility index (Phi) is 4.57. The SMILES string of the molecule is C=C(CNCc1ccccc1)c1ccc(Cl)cc1. The van der Waals surface area contributed by atoms with Crippen LogP contribution in [0.1, 0.15) is 11.1 Å². The summed E-state index contributed by atoms with van der Waals surface area (Å²) < 4.78 is 0. The summed E-state index contributed by atoms with van der Waals surface area (Å²) in [5.74, 6) is 0. The third-order valence-corrected chi connectivity index (χ3v) is 3.01. The maximum absolute atomic E-state index is 5.86. The molecule has 0 aromatic heterocycles. The zero-order valence-corrected chi connectivity index (χ0v) is 11.0. The minimum Gasteiger partial charge on any atom is -0.309 e. The Bertz CT molecular complexity index is 502. The van der Waals surface area contributed by atoms with Gasteiger partial charge in [0.15, 0.2) is 0 Å². The highest BCUT2D eigenvalue weighted by Gasteiger charge is 1.99. The molecule has 0 saturated carbocycles. The summed E-state index contributed by atoms with van der Waals surface area (Å²) in [7, 11) is 0. The molecule has 2 rings (SSSR count). The van der Waals surface area contributed by atoms with Gasteiger partial charge in [0.2, 0.25) is 0 Å². The highest BCUT2D eigenvalue weighted by molar-refractivity contribution is 6.30. The van der Waals surface area contributed by atoms with E-state index in [-0.39, 0.29) is 0 Å². The lowest BCUT2D eigenvalue weighted by Crippen LogP contribution is -2.15. The molecule has 92 valence electrons. The first-order chi connectivity index (χ1) is 8.75. The molecule has 0 spiro atoms. The molecular formula is C16H16ClN. The molecule has 0 aliphatic heterocycles. The van der Waals surface area contributed by atoms with E-state index in [0.717, 1.165) is 29.2 Å². The van der Waals surface area contributed by atoms with Gasteiger partial charge in [-0.05, 0) is 28.8 Å². The minimum atomic E-state index is 0.754. The third-order valence-electron chi connectivity index (χ3n) is 2.76. The van der Waals surface area contributed by atoms with Crippen molar-refractivity contribution < 1.29 is 0 Å². The Labute approximate surface area is 113 Å². The van der Waals surface area contributed by atoms with Crippen LogP contribution in [-0.4, -0.2) is 6.54 Å². The summed E-state index contributed by atoms with van der Waals surface area (Å²) in [5, 5.41) is 4.14. The van der Waals surface area contributed by atoms with Crippen molar-refractivity contribution in [1.82, 2.24) is 5.32 Å².